The smallest absolute Gasteiger partial charge is 0.243 e. The van der Waals surface area contributed by atoms with E-state index in [4.69, 9.17) is 10.1 Å². The highest BCUT2D eigenvalue weighted by atomic mass is 32.1. The summed E-state index contributed by atoms with van der Waals surface area (Å²) in [5.41, 5.74) is 2.12. The molecule has 3 rings (SSSR count). The Balaban J connectivity index is 1.81. The third-order valence-electron chi connectivity index (χ3n) is 4.15. The van der Waals surface area contributed by atoms with E-state index in [2.05, 4.69) is 36.2 Å². The van der Waals surface area contributed by atoms with E-state index in [0.717, 1.165) is 21.3 Å². The van der Waals surface area contributed by atoms with Gasteiger partial charge in [0.05, 0.1) is 5.69 Å². The molecule has 1 aliphatic rings. The number of aromatic nitrogens is 1. The maximum Gasteiger partial charge on any atom is 0.243 e. The lowest BCUT2D eigenvalue weighted by Gasteiger charge is -2.29. The molecule has 2 heterocycles. The van der Waals surface area contributed by atoms with Crippen LogP contribution in [0.1, 0.15) is 26.0 Å². The largest absolute Gasteiger partial charge is 0.396 e. The van der Waals surface area contributed by atoms with Gasteiger partial charge in [-0.15, -0.1) is 0 Å². The Labute approximate surface area is 146 Å². The Morgan fingerprint density at radius 1 is 1.42 bits per heavy atom. The number of rotatable bonds is 6. The molecule has 0 fully saturated rings. The van der Waals surface area contributed by atoms with Gasteiger partial charge in [-0.25, -0.2) is 4.98 Å². The van der Waals surface area contributed by atoms with Gasteiger partial charge in [-0.2, -0.15) is 0 Å². The van der Waals surface area contributed by atoms with Crippen LogP contribution in [-0.4, -0.2) is 41.2 Å². The monoisotopic (exact) mass is 345 g/mol. The number of carbonyl (C=O) groups is 1. The molecule has 1 aromatic carbocycles. The van der Waals surface area contributed by atoms with E-state index in [1.165, 1.54) is 0 Å². The minimum atomic E-state index is -0.206. The Bertz CT molecular complexity index is 700. The lowest BCUT2D eigenvalue weighted by Crippen LogP contribution is -2.48. The van der Waals surface area contributed by atoms with Gasteiger partial charge in [0.1, 0.15) is 16.1 Å². The molecule has 1 aromatic heterocycles. The third-order valence-corrected chi connectivity index (χ3v) is 5.31. The summed E-state index contributed by atoms with van der Waals surface area (Å²) in [5, 5.41) is 13.9. The molecule has 0 aliphatic carbocycles. The van der Waals surface area contributed by atoms with E-state index in [9.17, 15) is 4.79 Å². The van der Waals surface area contributed by atoms with Crippen LogP contribution in [0.3, 0.4) is 0 Å². The molecule has 1 atom stereocenters. The van der Waals surface area contributed by atoms with Gasteiger partial charge >= 0.3 is 0 Å². The Morgan fingerprint density at radius 3 is 2.83 bits per heavy atom. The van der Waals surface area contributed by atoms with Crippen molar-refractivity contribution in [1.29, 1.82) is 0 Å². The molecule has 1 amide bonds. The van der Waals surface area contributed by atoms with Crippen LogP contribution in [0.15, 0.2) is 30.3 Å². The molecule has 0 saturated heterocycles. The predicted octanol–water partition coefficient (Wildman–Crippen LogP) is 2.45. The Hall–Kier alpha value is -1.92. The van der Waals surface area contributed by atoms with Crippen LogP contribution in [0, 0.1) is 0 Å². The highest BCUT2D eigenvalue weighted by molar-refractivity contribution is 7.19. The summed E-state index contributed by atoms with van der Waals surface area (Å²) in [6.45, 7) is 4.80. The first-order chi connectivity index (χ1) is 11.6. The standard InChI is InChI=1S/C18H23N3O2S/c1-12(2)21-15(16(23)19-9-6-10-22)11-14-18(21)24-17(20-14)13-7-4-3-5-8-13/h3-5,7-8,12,15,22H,6,9-11H2,1-2H3,(H,19,23). The highest BCUT2D eigenvalue weighted by Crippen LogP contribution is 2.42. The molecule has 0 radical (unpaired) electrons. The predicted molar refractivity (Wildman–Crippen MR) is 97.4 cm³/mol. The van der Waals surface area contributed by atoms with Crippen LogP contribution in [-0.2, 0) is 11.2 Å². The average molecular weight is 345 g/mol. The quantitative estimate of drug-likeness (QED) is 0.789. The molecule has 1 unspecified atom stereocenters. The summed E-state index contributed by atoms with van der Waals surface area (Å²) < 4.78 is 0. The minimum Gasteiger partial charge on any atom is -0.396 e. The van der Waals surface area contributed by atoms with Crippen LogP contribution in [0.25, 0.3) is 10.6 Å². The average Bonchev–Trinajstić information content (AvgIpc) is 3.13. The molecule has 2 N–H and O–H groups in total. The molecule has 24 heavy (non-hydrogen) atoms. The summed E-state index contributed by atoms with van der Waals surface area (Å²) in [6.07, 6.45) is 1.22. The minimum absolute atomic E-state index is 0.0172. The van der Waals surface area contributed by atoms with Crippen LogP contribution in [0.5, 0.6) is 0 Å². The molecule has 5 nitrogen and oxygen atoms in total. The van der Waals surface area contributed by atoms with Crippen LogP contribution >= 0.6 is 11.3 Å². The van der Waals surface area contributed by atoms with Gasteiger partial charge in [0, 0.05) is 31.2 Å². The number of hydrogen-bond acceptors (Lipinski definition) is 5. The normalized spacial score (nSPS) is 16.5. The maximum absolute atomic E-state index is 12.5. The molecule has 2 aromatic rings. The zero-order valence-electron chi connectivity index (χ0n) is 14.0. The van der Waals surface area contributed by atoms with E-state index in [1.807, 2.05) is 18.2 Å². The van der Waals surface area contributed by atoms with Crippen molar-refractivity contribution in [2.45, 2.75) is 38.8 Å². The van der Waals surface area contributed by atoms with Gasteiger partial charge in [-0.3, -0.25) is 4.79 Å². The zero-order valence-corrected chi connectivity index (χ0v) is 14.8. The first-order valence-electron chi connectivity index (χ1n) is 8.34. The molecule has 0 bridgehead atoms. The first-order valence-corrected chi connectivity index (χ1v) is 9.15. The van der Waals surface area contributed by atoms with Crippen molar-refractivity contribution in [2.24, 2.45) is 0 Å². The molecular weight excluding hydrogens is 322 g/mol. The van der Waals surface area contributed by atoms with Crippen molar-refractivity contribution < 1.29 is 9.90 Å². The number of nitrogens with zero attached hydrogens (tertiary/aromatic N) is 2. The fourth-order valence-electron chi connectivity index (χ4n) is 3.03. The summed E-state index contributed by atoms with van der Waals surface area (Å²) in [5.74, 6) is 0.0172. The van der Waals surface area contributed by atoms with Crippen molar-refractivity contribution in [1.82, 2.24) is 10.3 Å². The number of benzene rings is 1. The van der Waals surface area contributed by atoms with Gasteiger partial charge in [0.25, 0.3) is 0 Å². The number of aliphatic hydroxyl groups is 1. The van der Waals surface area contributed by atoms with E-state index < -0.39 is 0 Å². The molecule has 0 spiro atoms. The number of thiazole rings is 1. The van der Waals surface area contributed by atoms with E-state index in [-0.39, 0.29) is 24.6 Å². The van der Waals surface area contributed by atoms with Gasteiger partial charge in [0.2, 0.25) is 5.91 Å². The summed E-state index contributed by atoms with van der Waals surface area (Å²) in [4.78, 5) is 19.5. The first kappa shape index (κ1) is 16.9. The third kappa shape index (κ3) is 3.30. The molecular formula is C18H23N3O2S. The lowest BCUT2D eigenvalue weighted by molar-refractivity contribution is -0.122. The molecule has 6 heteroatoms. The lowest BCUT2D eigenvalue weighted by atomic mass is 10.1. The van der Waals surface area contributed by atoms with Gasteiger partial charge in [-0.05, 0) is 20.3 Å². The van der Waals surface area contributed by atoms with Crippen molar-refractivity contribution >= 4 is 22.2 Å². The molecule has 128 valence electrons. The van der Waals surface area contributed by atoms with Crippen molar-refractivity contribution in [2.75, 3.05) is 18.1 Å². The summed E-state index contributed by atoms with van der Waals surface area (Å²) >= 11 is 1.66. The van der Waals surface area contributed by atoms with E-state index in [1.54, 1.807) is 11.3 Å². The second-order valence-corrected chi connectivity index (χ2v) is 7.20. The van der Waals surface area contributed by atoms with Crippen LogP contribution in [0.4, 0.5) is 5.00 Å². The number of amides is 1. The second kappa shape index (κ2) is 7.32. The van der Waals surface area contributed by atoms with E-state index >= 15 is 0 Å². The van der Waals surface area contributed by atoms with Crippen molar-refractivity contribution in [3.8, 4) is 10.6 Å². The summed E-state index contributed by atoms with van der Waals surface area (Å²) in [6, 6.07) is 10.2. The summed E-state index contributed by atoms with van der Waals surface area (Å²) in [7, 11) is 0. The highest BCUT2D eigenvalue weighted by Gasteiger charge is 2.38. The molecule has 0 saturated carbocycles. The van der Waals surface area contributed by atoms with Crippen molar-refractivity contribution in [3.63, 3.8) is 0 Å². The number of aliphatic hydroxyl groups excluding tert-OH is 1. The topological polar surface area (TPSA) is 65.5 Å². The number of hydrogen-bond donors (Lipinski definition) is 2. The number of carbonyl (C=O) groups excluding carboxylic acids is 1. The number of fused-ring (bicyclic) bond motifs is 1. The zero-order chi connectivity index (χ0) is 17.1. The van der Waals surface area contributed by atoms with Gasteiger partial charge in [0.15, 0.2) is 0 Å². The van der Waals surface area contributed by atoms with Crippen molar-refractivity contribution in [3.05, 3.63) is 36.0 Å². The fourth-order valence-corrected chi connectivity index (χ4v) is 4.31. The Kier molecular flexibility index (Phi) is 5.16. The van der Waals surface area contributed by atoms with Crippen LogP contribution in [0.2, 0.25) is 0 Å². The SMILES string of the molecule is CC(C)N1c2sc(-c3ccccc3)nc2CC1C(=O)NCCCO. The number of anilines is 1. The van der Waals surface area contributed by atoms with E-state index in [0.29, 0.717) is 19.4 Å². The maximum atomic E-state index is 12.5. The fraction of sp³-hybridized carbons (Fsp3) is 0.444. The van der Waals surface area contributed by atoms with Gasteiger partial charge < -0.3 is 15.3 Å². The second-order valence-electron chi connectivity index (χ2n) is 6.23. The van der Waals surface area contributed by atoms with Gasteiger partial charge in [-0.1, -0.05) is 41.7 Å². The van der Waals surface area contributed by atoms with Crippen LogP contribution < -0.4 is 10.2 Å². The molecule has 1 aliphatic heterocycles. The number of nitrogens with one attached hydrogen (secondary N) is 1. The Morgan fingerprint density at radius 2 is 2.17 bits per heavy atom.